The molecule has 1 N–H and O–H groups in total. The average molecular weight is 304 g/mol. The van der Waals surface area contributed by atoms with Gasteiger partial charge in [-0.05, 0) is 19.4 Å². The SMILES string of the molecule is Cc1nc(-c2ncccn2)sc1C(=O)NCC1CCOC1. The zero-order chi connectivity index (χ0) is 14.7. The molecule has 7 heteroatoms. The number of nitrogens with one attached hydrogen (secondary N) is 1. The number of aryl methyl sites for hydroxylation is 1. The first-order chi connectivity index (χ1) is 10.2. The molecule has 1 atom stereocenters. The van der Waals surface area contributed by atoms with Crippen molar-refractivity contribution in [3.05, 3.63) is 29.0 Å². The van der Waals surface area contributed by atoms with Gasteiger partial charge in [0, 0.05) is 31.5 Å². The maximum atomic E-state index is 12.2. The fraction of sp³-hybridized carbons (Fsp3) is 0.429. The van der Waals surface area contributed by atoms with Gasteiger partial charge >= 0.3 is 0 Å². The fourth-order valence-corrected chi connectivity index (χ4v) is 3.10. The van der Waals surface area contributed by atoms with Gasteiger partial charge < -0.3 is 10.1 Å². The van der Waals surface area contributed by atoms with Gasteiger partial charge in [0.15, 0.2) is 10.8 Å². The van der Waals surface area contributed by atoms with Crippen LogP contribution in [0.2, 0.25) is 0 Å². The van der Waals surface area contributed by atoms with Crippen molar-refractivity contribution in [2.45, 2.75) is 13.3 Å². The minimum absolute atomic E-state index is 0.0842. The maximum absolute atomic E-state index is 12.2. The molecule has 1 amide bonds. The Morgan fingerprint density at radius 1 is 1.48 bits per heavy atom. The Morgan fingerprint density at radius 3 is 3.00 bits per heavy atom. The second-order valence-corrected chi connectivity index (χ2v) is 5.94. The van der Waals surface area contributed by atoms with E-state index in [0.717, 1.165) is 19.6 Å². The van der Waals surface area contributed by atoms with E-state index < -0.39 is 0 Å². The number of ether oxygens (including phenoxy) is 1. The van der Waals surface area contributed by atoms with Crippen molar-refractivity contribution in [2.24, 2.45) is 5.92 Å². The van der Waals surface area contributed by atoms with Crippen molar-refractivity contribution in [2.75, 3.05) is 19.8 Å². The van der Waals surface area contributed by atoms with Gasteiger partial charge in [0.25, 0.3) is 5.91 Å². The second-order valence-electron chi connectivity index (χ2n) is 4.95. The first-order valence-corrected chi connectivity index (χ1v) is 7.66. The predicted octanol–water partition coefficient (Wildman–Crippen LogP) is 1.67. The van der Waals surface area contributed by atoms with E-state index in [1.807, 2.05) is 6.92 Å². The Balaban J connectivity index is 1.70. The van der Waals surface area contributed by atoms with E-state index in [9.17, 15) is 4.79 Å². The van der Waals surface area contributed by atoms with Gasteiger partial charge in [-0.1, -0.05) is 0 Å². The van der Waals surface area contributed by atoms with E-state index in [1.165, 1.54) is 11.3 Å². The number of amides is 1. The highest BCUT2D eigenvalue weighted by Gasteiger charge is 2.20. The number of aromatic nitrogens is 3. The molecule has 0 aliphatic carbocycles. The van der Waals surface area contributed by atoms with Gasteiger partial charge in [-0.15, -0.1) is 11.3 Å². The smallest absolute Gasteiger partial charge is 0.263 e. The summed E-state index contributed by atoms with van der Waals surface area (Å²) in [5.41, 5.74) is 0.711. The summed E-state index contributed by atoms with van der Waals surface area (Å²) in [4.78, 5) is 25.6. The van der Waals surface area contributed by atoms with E-state index in [2.05, 4.69) is 20.3 Å². The van der Waals surface area contributed by atoms with E-state index in [1.54, 1.807) is 18.5 Å². The number of thiazole rings is 1. The van der Waals surface area contributed by atoms with Crippen LogP contribution in [0.3, 0.4) is 0 Å². The molecule has 2 aromatic heterocycles. The van der Waals surface area contributed by atoms with E-state index >= 15 is 0 Å². The van der Waals surface area contributed by atoms with Gasteiger partial charge in [-0.3, -0.25) is 4.79 Å². The molecule has 2 aromatic rings. The van der Waals surface area contributed by atoms with Crippen LogP contribution in [0.15, 0.2) is 18.5 Å². The molecule has 110 valence electrons. The van der Waals surface area contributed by atoms with Crippen LogP contribution in [0.25, 0.3) is 10.8 Å². The van der Waals surface area contributed by atoms with Gasteiger partial charge in [0.2, 0.25) is 0 Å². The second kappa shape index (κ2) is 6.28. The normalized spacial score (nSPS) is 17.9. The molecule has 3 heterocycles. The fourth-order valence-electron chi connectivity index (χ4n) is 2.17. The van der Waals surface area contributed by atoms with Gasteiger partial charge in [0.05, 0.1) is 12.3 Å². The predicted molar refractivity (Wildman–Crippen MR) is 79.1 cm³/mol. The Labute approximate surface area is 126 Å². The van der Waals surface area contributed by atoms with Gasteiger partial charge in [-0.25, -0.2) is 15.0 Å². The molecule has 3 rings (SSSR count). The molecular weight excluding hydrogens is 288 g/mol. The molecule has 6 nitrogen and oxygen atoms in total. The lowest BCUT2D eigenvalue weighted by Crippen LogP contribution is -2.29. The van der Waals surface area contributed by atoms with Crippen LogP contribution in [0.5, 0.6) is 0 Å². The quantitative estimate of drug-likeness (QED) is 0.930. The Morgan fingerprint density at radius 2 is 2.29 bits per heavy atom. The lowest BCUT2D eigenvalue weighted by molar-refractivity contribution is 0.0948. The number of carbonyl (C=O) groups is 1. The third kappa shape index (κ3) is 3.25. The number of hydrogen-bond acceptors (Lipinski definition) is 6. The first-order valence-electron chi connectivity index (χ1n) is 6.85. The molecule has 0 radical (unpaired) electrons. The highest BCUT2D eigenvalue weighted by Crippen LogP contribution is 2.25. The summed E-state index contributed by atoms with van der Waals surface area (Å²) in [6, 6.07) is 1.75. The molecule has 1 aliphatic heterocycles. The first kappa shape index (κ1) is 14.1. The maximum Gasteiger partial charge on any atom is 0.263 e. The van der Waals surface area contributed by atoms with Crippen molar-refractivity contribution in [3.63, 3.8) is 0 Å². The summed E-state index contributed by atoms with van der Waals surface area (Å²) in [5, 5.41) is 3.63. The minimum Gasteiger partial charge on any atom is -0.381 e. The topological polar surface area (TPSA) is 77.0 Å². The molecule has 1 aliphatic rings. The average Bonchev–Trinajstić information content (AvgIpc) is 3.15. The number of hydrogen-bond donors (Lipinski definition) is 1. The van der Waals surface area contributed by atoms with Crippen LogP contribution in [0, 0.1) is 12.8 Å². The van der Waals surface area contributed by atoms with Crippen LogP contribution < -0.4 is 5.32 Å². The molecule has 0 spiro atoms. The summed E-state index contributed by atoms with van der Waals surface area (Å²) in [6.07, 6.45) is 4.34. The van der Waals surface area contributed by atoms with Crippen molar-refractivity contribution >= 4 is 17.2 Å². The zero-order valence-electron chi connectivity index (χ0n) is 11.7. The van der Waals surface area contributed by atoms with Gasteiger partial charge in [-0.2, -0.15) is 0 Å². The monoisotopic (exact) mass is 304 g/mol. The number of nitrogens with zero attached hydrogens (tertiary/aromatic N) is 3. The molecule has 0 bridgehead atoms. The molecule has 1 saturated heterocycles. The summed E-state index contributed by atoms with van der Waals surface area (Å²) in [5.74, 6) is 0.882. The minimum atomic E-state index is -0.0842. The van der Waals surface area contributed by atoms with Crippen LogP contribution >= 0.6 is 11.3 Å². The highest BCUT2D eigenvalue weighted by atomic mass is 32.1. The van der Waals surface area contributed by atoms with Crippen LogP contribution in [-0.2, 0) is 4.74 Å². The molecule has 1 unspecified atom stereocenters. The molecule has 21 heavy (non-hydrogen) atoms. The van der Waals surface area contributed by atoms with Crippen LogP contribution in [-0.4, -0.2) is 40.6 Å². The van der Waals surface area contributed by atoms with Crippen LogP contribution in [0.4, 0.5) is 0 Å². The summed E-state index contributed by atoms with van der Waals surface area (Å²) in [6.45, 7) is 3.99. The Kier molecular flexibility index (Phi) is 4.21. The third-order valence-electron chi connectivity index (χ3n) is 3.34. The summed E-state index contributed by atoms with van der Waals surface area (Å²) in [7, 11) is 0. The van der Waals surface area contributed by atoms with Crippen molar-refractivity contribution in [3.8, 4) is 10.8 Å². The summed E-state index contributed by atoms with van der Waals surface area (Å²) >= 11 is 1.32. The van der Waals surface area contributed by atoms with Crippen molar-refractivity contribution in [1.82, 2.24) is 20.3 Å². The van der Waals surface area contributed by atoms with E-state index in [4.69, 9.17) is 4.74 Å². The molecule has 0 aromatic carbocycles. The number of rotatable bonds is 4. The Hall–Kier alpha value is -1.86. The zero-order valence-corrected chi connectivity index (χ0v) is 12.5. The van der Waals surface area contributed by atoms with Crippen molar-refractivity contribution in [1.29, 1.82) is 0 Å². The number of carbonyl (C=O) groups excluding carboxylic acids is 1. The van der Waals surface area contributed by atoms with E-state index in [-0.39, 0.29) is 5.91 Å². The van der Waals surface area contributed by atoms with Crippen LogP contribution in [0.1, 0.15) is 21.8 Å². The standard InChI is InChI=1S/C14H16N4O2S/c1-9-11(13(19)17-7-10-3-6-20-8-10)21-14(18-9)12-15-4-2-5-16-12/h2,4-5,10H,3,6-8H2,1H3,(H,17,19). The molecule has 1 fully saturated rings. The molecule has 0 saturated carbocycles. The van der Waals surface area contributed by atoms with Gasteiger partial charge in [0.1, 0.15) is 4.88 Å². The Bertz CT molecular complexity index is 623. The summed E-state index contributed by atoms with van der Waals surface area (Å²) < 4.78 is 5.30. The third-order valence-corrected chi connectivity index (χ3v) is 4.49. The highest BCUT2D eigenvalue weighted by molar-refractivity contribution is 7.17. The van der Waals surface area contributed by atoms with Crippen molar-refractivity contribution < 1.29 is 9.53 Å². The van der Waals surface area contributed by atoms with E-state index in [0.29, 0.717) is 33.9 Å². The largest absolute Gasteiger partial charge is 0.381 e. The molecular formula is C14H16N4O2S. The lowest BCUT2D eigenvalue weighted by atomic mass is 10.1. The lowest BCUT2D eigenvalue weighted by Gasteiger charge is -2.08.